The van der Waals surface area contributed by atoms with Crippen molar-refractivity contribution in [3.8, 4) is 0 Å². The molecule has 38 heavy (non-hydrogen) atoms. The van der Waals surface area contributed by atoms with Gasteiger partial charge >= 0.3 is 0 Å². The summed E-state index contributed by atoms with van der Waals surface area (Å²) in [5.74, 6) is 1.82. The van der Waals surface area contributed by atoms with Gasteiger partial charge in [0.1, 0.15) is 6.17 Å². The second-order valence-corrected chi connectivity index (χ2v) is 12.1. The van der Waals surface area contributed by atoms with Gasteiger partial charge in [-0.2, -0.15) is 5.10 Å². The van der Waals surface area contributed by atoms with Crippen molar-refractivity contribution in [3.63, 3.8) is 0 Å². The smallest absolute Gasteiger partial charge is 0.227 e. The molecule has 0 amide bonds. The number of aryl methyl sites for hydroxylation is 1. The number of aliphatic hydroxyl groups is 1. The van der Waals surface area contributed by atoms with E-state index in [4.69, 9.17) is 21.3 Å². The maximum absolute atomic E-state index is 15.5. The van der Waals surface area contributed by atoms with Gasteiger partial charge in [0, 0.05) is 24.0 Å². The van der Waals surface area contributed by atoms with E-state index in [9.17, 15) is 5.11 Å². The van der Waals surface area contributed by atoms with E-state index in [-0.39, 0.29) is 12.0 Å². The molecule has 0 spiro atoms. The van der Waals surface area contributed by atoms with Crippen molar-refractivity contribution in [1.29, 1.82) is 0 Å². The van der Waals surface area contributed by atoms with Crippen molar-refractivity contribution in [2.75, 3.05) is 31.6 Å². The quantitative estimate of drug-likeness (QED) is 0.481. The molecule has 5 aliphatic rings. The van der Waals surface area contributed by atoms with Crippen LogP contribution in [0.3, 0.4) is 0 Å². The third-order valence-corrected chi connectivity index (χ3v) is 9.79. The molecule has 5 atom stereocenters. The normalized spacial score (nSPS) is 33.4. The highest BCUT2D eigenvalue weighted by molar-refractivity contribution is 6.32. The SMILES string of the molecule is Cc1cc2cnc(Nc3cnn(C4CCC5CC4C5)c3Cl)nc2cc1C1CCN([C@@H]2COCC2O)CC1F. The molecule has 8 rings (SSSR count). The fourth-order valence-electron chi connectivity index (χ4n) is 7.21. The summed E-state index contributed by atoms with van der Waals surface area (Å²) in [6, 6.07) is 4.31. The Hall–Kier alpha value is -2.33. The van der Waals surface area contributed by atoms with Gasteiger partial charge in [0.2, 0.25) is 5.95 Å². The molecule has 0 radical (unpaired) electrons. The number of anilines is 2. The summed E-state index contributed by atoms with van der Waals surface area (Å²) in [5, 5.41) is 19.6. The molecule has 3 aliphatic carbocycles. The number of aliphatic hydroxyl groups excluding tert-OH is 1. The predicted molar refractivity (Wildman–Crippen MR) is 144 cm³/mol. The lowest BCUT2D eigenvalue weighted by Crippen LogP contribution is -2.50. The Labute approximate surface area is 226 Å². The van der Waals surface area contributed by atoms with Gasteiger partial charge < -0.3 is 15.2 Å². The van der Waals surface area contributed by atoms with Gasteiger partial charge in [-0.15, -0.1) is 0 Å². The Bertz CT molecular complexity index is 1340. The van der Waals surface area contributed by atoms with E-state index in [1.807, 2.05) is 28.6 Å². The minimum absolute atomic E-state index is 0.117. The zero-order valence-electron chi connectivity index (χ0n) is 21.6. The summed E-state index contributed by atoms with van der Waals surface area (Å²) in [7, 11) is 0. The lowest BCUT2D eigenvalue weighted by Gasteiger charge is -2.46. The minimum atomic E-state index is -1.03. The van der Waals surface area contributed by atoms with Gasteiger partial charge in [0.15, 0.2) is 5.15 Å². The fraction of sp³-hybridized carbons (Fsp3) is 0.607. The summed E-state index contributed by atoms with van der Waals surface area (Å²) in [5.41, 5.74) is 3.50. The van der Waals surface area contributed by atoms with Gasteiger partial charge in [-0.1, -0.05) is 11.6 Å². The summed E-state index contributed by atoms with van der Waals surface area (Å²) in [4.78, 5) is 11.3. The maximum atomic E-state index is 15.5. The van der Waals surface area contributed by atoms with Gasteiger partial charge in [0.05, 0.1) is 48.8 Å². The maximum Gasteiger partial charge on any atom is 0.227 e. The summed E-state index contributed by atoms with van der Waals surface area (Å²) < 4.78 is 22.9. The second kappa shape index (κ2) is 9.70. The van der Waals surface area contributed by atoms with Crippen molar-refractivity contribution in [2.24, 2.45) is 11.8 Å². The third-order valence-electron chi connectivity index (χ3n) is 9.41. The minimum Gasteiger partial charge on any atom is -0.389 e. The molecule has 2 aromatic heterocycles. The van der Waals surface area contributed by atoms with Crippen LogP contribution in [0.5, 0.6) is 0 Å². The number of rotatable bonds is 5. The first-order valence-electron chi connectivity index (χ1n) is 13.9. The lowest BCUT2D eigenvalue weighted by molar-refractivity contribution is 0.0352. The van der Waals surface area contributed by atoms with Crippen LogP contribution in [-0.4, -0.2) is 74.4 Å². The van der Waals surface area contributed by atoms with Gasteiger partial charge in [-0.25, -0.2) is 19.0 Å². The van der Waals surface area contributed by atoms with Crippen molar-refractivity contribution in [2.45, 2.75) is 69.3 Å². The zero-order chi connectivity index (χ0) is 26.0. The first-order chi connectivity index (χ1) is 18.4. The Morgan fingerprint density at radius 2 is 2.00 bits per heavy atom. The first kappa shape index (κ1) is 24.7. The molecule has 3 aromatic rings. The predicted octanol–water partition coefficient (Wildman–Crippen LogP) is 4.78. The fourth-order valence-corrected chi connectivity index (χ4v) is 7.48. The molecule has 3 saturated carbocycles. The second-order valence-electron chi connectivity index (χ2n) is 11.7. The number of nitrogens with one attached hydrogen (secondary N) is 1. The van der Waals surface area contributed by atoms with E-state index in [1.165, 1.54) is 19.3 Å². The Morgan fingerprint density at radius 3 is 2.74 bits per heavy atom. The van der Waals surface area contributed by atoms with Gasteiger partial charge in [0.25, 0.3) is 0 Å². The molecule has 202 valence electrons. The third kappa shape index (κ3) is 4.28. The van der Waals surface area contributed by atoms with Crippen molar-refractivity contribution in [1.82, 2.24) is 24.6 Å². The number of fused-ring (bicyclic) bond motifs is 3. The average Bonchev–Trinajstić information content (AvgIpc) is 3.48. The van der Waals surface area contributed by atoms with E-state index < -0.39 is 12.3 Å². The first-order valence-corrected chi connectivity index (χ1v) is 14.2. The molecule has 2 bridgehead atoms. The Balaban J connectivity index is 1.10. The number of halogens is 2. The monoisotopic (exact) mass is 540 g/mol. The molecule has 10 heteroatoms. The van der Waals surface area contributed by atoms with E-state index in [2.05, 4.69) is 15.4 Å². The number of aromatic nitrogens is 4. The van der Waals surface area contributed by atoms with Crippen molar-refractivity contribution < 1.29 is 14.2 Å². The molecule has 5 fully saturated rings. The van der Waals surface area contributed by atoms with Crippen LogP contribution in [0.2, 0.25) is 5.15 Å². The van der Waals surface area contributed by atoms with Crippen LogP contribution in [0.25, 0.3) is 10.9 Å². The molecule has 8 nitrogen and oxygen atoms in total. The molecular formula is C28H34ClFN6O2. The van der Waals surface area contributed by atoms with E-state index in [1.54, 1.807) is 12.4 Å². The van der Waals surface area contributed by atoms with E-state index >= 15 is 4.39 Å². The van der Waals surface area contributed by atoms with E-state index in [0.29, 0.717) is 54.9 Å². The van der Waals surface area contributed by atoms with Crippen LogP contribution in [0, 0.1) is 18.8 Å². The van der Waals surface area contributed by atoms with Crippen LogP contribution < -0.4 is 5.32 Å². The number of nitrogens with zero attached hydrogens (tertiary/aromatic N) is 5. The topological polar surface area (TPSA) is 88.3 Å². The standard InChI is InChI=1S/C28H34ClFN6O2/c1-15-6-18-10-31-28(34-23-11-32-36(27(23)29)24-3-2-16-7-17(24)8-16)33-22(18)9-20(15)19-4-5-35(12-21(19)30)25-13-38-14-26(25)37/h6,9-11,16-17,19,21,24-26,37H,2-5,7-8,12-14H2,1H3,(H,31,33,34)/t16?,17?,19?,21?,24?,25-,26?/m1/s1. The molecule has 2 N–H and O–H groups in total. The number of benzene rings is 1. The van der Waals surface area contributed by atoms with Crippen LogP contribution in [0.15, 0.2) is 24.5 Å². The number of ether oxygens (including phenoxy) is 1. The molecular weight excluding hydrogens is 507 g/mol. The molecule has 4 unspecified atom stereocenters. The summed E-state index contributed by atoms with van der Waals surface area (Å²) >= 11 is 6.75. The molecule has 1 aromatic carbocycles. The highest BCUT2D eigenvalue weighted by atomic mass is 35.5. The molecule has 2 saturated heterocycles. The average molecular weight is 541 g/mol. The van der Waals surface area contributed by atoms with Crippen LogP contribution in [0.1, 0.15) is 55.2 Å². The van der Waals surface area contributed by atoms with Gasteiger partial charge in [-0.3, -0.25) is 4.90 Å². The van der Waals surface area contributed by atoms with E-state index in [0.717, 1.165) is 40.9 Å². The van der Waals surface area contributed by atoms with Crippen LogP contribution in [0.4, 0.5) is 16.0 Å². The summed E-state index contributed by atoms with van der Waals surface area (Å²) in [6.45, 7) is 3.85. The summed E-state index contributed by atoms with van der Waals surface area (Å²) in [6.07, 6.45) is 7.63. The Kier molecular flexibility index (Phi) is 6.30. The number of piperidine rings is 1. The van der Waals surface area contributed by atoms with Crippen LogP contribution in [-0.2, 0) is 4.74 Å². The largest absolute Gasteiger partial charge is 0.389 e. The molecule has 2 aliphatic heterocycles. The zero-order valence-corrected chi connectivity index (χ0v) is 22.3. The van der Waals surface area contributed by atoms with Gasteiger partial charge in [-0.05, 0) is 80.7 Å². The lowest BCUT2D eigenvalue weighted by atomic mass is 9.63. The number of likely N-dealkylation sites (tertiary alicyclic amines) is 1. The van der Waals surface area contributed by atoms with Crippen molar-refractivity contribution in [3.05, 3.63) is 40.8 Å². The van der Waals surface area contributed by atoms with Crippen molar-refractivity contribution >= 4 is 34.1 Å². The highest BCUT2D eigenvalue weighted by Gasteiger charge is 2.42. The Morgan fingerprint density at radius 1 is 1.13 bits per heavy atom. The number of hydrogen-bond acceptors (Lipinski definition) is 7. The van der Waals surface area contributed by atoms with Crippen LogP contribution >= 0.6 is 11.6 Å². The number of alkyl halides is 1. The molecule has 4 heterocycles. The highest BCUT2D eigenvalue weighted by Crippen LogP contribution is 2.51. The number of hydrogen-bond donors (Lipinski definition) is 2.